The number of nitrogens with zero attached hydrogens (tertiary/aromatic N) is 1. The Morgan fingerprint density at radius 3 is 2.20 bits per heavy atom. The van der Waals surface area contributed by atoms with Crippen molar-refractivity contribution in [2.45, 2.75) is 5.41 Å². The van der Waals surface area contributed by atoms with Crippen LogP contribution in [0, 0.1) is 10.1 Å². The number of hydrogen-bond donors (Lipinski definition) is 1. The van der Waals surface area contributed by atoms with E-state index in [1.165, 1.54) is 12.1 Å². The summed E-state index contributed by atoms with van der Waals surface area (Å²) in [5, 5.41) is 14.1. The predicted octanol–water partition coefficient (Wildman–Crippen LogP) is 1.28. The quantitative estimate of drug-likeness (QED) is 0.385. The molecule has 0 spiro atoms. The summed E-state index contributed by atoms with van der Waals surface area (Å²) in [6.45, 7) is 0. The summed E-state index contributed by atoms with van der Waals surface area (Å²) in [5.41, 5.74) is -2.67. The number of nitrogens with one attached hydrogen (secondary N) is 1. The molecule has 0 saturated heterocycles. The number of carbonyl (C=O) groups excluding carboxylic acids is 3. The number of nitro benzene ring substituents is 1. The molecule has 9 nitrogen and oxygen atoms in total. The molecular weight excluding hydrogens is 332 g/mol. The summed E-state index contributed by atoms with van der Waals surface area (Å²) in [5.74, 6) is -3.24. The summed E-state index contributed by atoms with van der Waals surface area (Å²) in [4.78, 5) is 48.2. The summed E-state index contributed by atoms with van der Waals surface area (Å²) in [7, 11) is 2.07. The topological polar surface area (TPSA) is 125 Å². The number of fused-ring (bicyclic) bond motifs is 3. The first kappa shape index (κ1) is 16.4. The molecular formula is C16H12N2O7. The molecule has 0 fully saturated rings. The second-order valence-electron chi connectivity index (χ2n) is 5.31. The average Bonchev–Trinajstić information content (AvgIpc) is 2.92. The Morgan fingerprint density at radius 1 is 1.12 bits per heavy atom. The lowest BCUT2D eigenvalue weighted by atomic mass is 9.79. The van der Waals surface area contributed by atoms with Gasteiger partial charge in [-0.1, -0.05) is 18.2 Å². The van der Waals surface area contributed by atoms with Crippen LogP contribution < -0.4 is 5.32 Å². The molecule has 0 radical (unpaired) electrons. The zero-order valence-electron chi connectivity index (χ0n) is 13.2. The highest BCUT2D eigenvalue weighted by Gasteiger charge is 2.62. The van der Waals surface area contributed by atoms with E-state index in [0.717, 1.165) is 20.3 Å². The standard InChI is InChI=1S/C16H12N2O7/c1-24-14(20)16(15(21)25-2)12-9-6-4-3-5-8(9)11(18(22)23)7-10(12)17-13(16)19/h3-7H,1-2H3,(H,17,19). The van der Waals surface area contributed by atoms with Crippen LogP contribution in [-0.2, 0) is 29.3 Å². The number of carbonyl (C=O) groups is 3. The van der Waals surface area contributed by atoms with Gasteiger partial charge in [0.1, 0.15) is 0 Å². The number of rotatable bonds is 3. The summed E-state index contributed by atoms with van der Waals surface area (Å²) >= 11 is 0. The number of ether oxygens (including phenoxy) is 2. The van der Waals surface area contributed by atoms with Crippen LogP contribution in [0.15, 0.2) is 30.3 Å². The Kier molecular flexibility index (Phi) is 3.63. The zero-order chi connectivity index (χ0) is 18.4. The monoisotopic (exact) mass is 344 g/mol. The Bertz CT molecular complexity index is 935. The Morgan fingerprint density at radius 2 is 1.68 bits per heavy atom. The van der Waals surface area contributed by atoms with E-state index >= 15 is 0 Å². The highest BCUT2D eigenvalue weighted by Crippen LogP contribution is 2.46. The minimum atomic E-state index is -2.38. The number of anilines is 1. The predicted molar refractivity (Wildman–Crippen MR) is 84.9 cm³/mol. The largest absolute Gasteiger partial charge is 0.468 e. The maximum Gasteiger partial charge on any atom is 0.337 e. The molecule has 0 aromatic heterocycles. The lowest BCUT2D eigenvalue weighted by Gasteiger charge is -2.22. The van der Waals surface area contributed by atoms with Gasteiger partial charge in [-0.15, -0.1) is 0 Å². The molecule has 1 heterocycles. The van der Waals surface area contributed by atoms with Crippen molar-refractivity contribution in [2.24, 2.45) is 0 Å². The van der Waals surface area contributed by atoms with E-state index in [4.69, 9.17) is 0 Å². The van der Waals surface area contributed by atoms with E-state index in [1.807, 2.05) is 0 Å². The molecule has 25 heavy (non-hydrogen) atoms. The molecule has 0 bridgehead atoms. The molecule has 2 aromatic rings. The van der Waals surface area contributed by atoms with E-state index in [2.05, 4.69) is 14.8 Å². The molecule has 0 unspecified atom stereocenters. The van der Waals surface area contributed by atoms with E-state index in [1.54, 1.807) is 12.1 Å². The highest BCUT2D eigenvalue weighted by molar-refractivity contribution is 6.34. The Labute approximate surface area is 140 Å². The van der Waals surface area contributed by atoms with Gasteiger partial charge in [-0.3, -0.25) is 14.9 Å². The second-order valence-corrected chi connectivity index (χ2v) is 5.31. The third-order valence-electron chi connectivity index (χ3n) is 4.17. The van der Waals surface area contributed by atoms with Crippen molar-refractivity contribution in [3.8, 4) is 0 Å². The van der Waals surface area contributed by atoms with Gasteiger partial charge in [-0.2, -0.15) is 0 Å². The number of nitro groups is 1. The van der Waals surface area contributed by atoms with Crippen LogP contribution in [0.5, 0.6) is 0 Å². The molecule has 2 aromatic carbocycles. The first-order chi connectivity index (χ1) is 11.9. The normalized spacial score (nSPS) is 14.6. The van der Waals surface area contributed by atoms with Gasteiger partial charge in [0.05, 0.1) is 30.2 Å². The van der Waals surface area contributed by atoms with Crippen LogP contribution in [-0.4, -0.2) is 37.0 Å². The zero-order valence-corrected chi connectivity index (χ0v) is 13.2. The van der Waals surface area contributed by atoms with Gasteiger partial charge in [0.25, 0.3) is 17.0 Å². The number of methoxy groups -OCH3 is 2. The van der Waals surface area contributed by atoms with Crippen molar-refractivity contribution in [3.05, 3.63) is 46.0 Å². The first-order valence-electron chi connectivity index (χ1n) is 7.08. The van der Waals surface area contributed by atoms with E-state index < -0.39 is 28.2 Å². The molecule has 0 aliphatic carbocycles. The van der Waals surface area contributed by atoms with Gasteiger partial charge < -0.3 is 14.8 Å². The van der Waals surface area contributed by atoms with Crippen molar-refractivity contribution in [1.29, 1.82) is 0 Å². The van der Waals surface area contributed by atoms with E-state index in [0.29, 0.717) is 0 Å². The Balaban J connectivity index is 2.50. The SMILES string of the molecule is COC(=O)C1(C(=O)OC)C(=O)Nc2cc([N+](=O)[O-])c3ccccc3c21. The van der Waals surface area contributed by atoms with Crippen LogP contribution >= 0.6 is 0 Å². The summed E-state index contributed by atoms with van der Waals surface area (Å²) in [6.07, 6.45) is 0. The average molecular weight is 344 g/mol. The number of benzene rings is 2. The van der Waals surface area contributed by atoms with Crippen LogP contribution in [0.3, 0.4) is 0 Å². The third kappa shape index (κ3) is 1.98. The van der Waals surface area contributed by atoms with E-state index in [-0.39, 0.29) is 27.7 Å². The minimum Gasteiger partial charge on any atom is -0.468 e. The number of esters is 2. The lowest BCUT2D eigenvalue weighted by Crippen LogP contribution is -2.50. The molecule has 0 atom stereocenters. The fourth-order valence-electron chi connectivity index (χ4n) is 3.12. The molecule has 1 N–H and O–H groups in total. The van der Waals surface area contributed by atoms with Crippen LogP contribution in [0.25, 0.3) is 10.8 Å². The van der Waals surface area contributed by atoms with Crippen molar-refractivity contribution >= 4 is 40.0 Å². The number of amides is 1. The molecule has 3 rings (SSSR count). The molecule has 1 aliphatic heterocycles. The van der Waals surface area contributed by atoms with Crippen molar-refractivity contribution in [1.82, 2.24) is 0 Å². The summed E-state index contributed by atoms with van der Waals surface area (Å²) in [6, 6.07) is 7.22. The fourth-order valence-corrected chi connectivity index (χ4v) is 3.12. The molecule has 0 saturated carbocycles. The molecule has 9 heteroatoms. The minimum absolute atomic E-state index is 0.00815. The van der Waals surface area contributed by atoms with Crippen LogP contribution in [0.4, 0.5) is 11.4 Å². The van der Waals surface area contributed by atoms with Crippen molar-refractivity contribution in [3.63, 3.8) is 0 Å². The van der Waals surface area contributed by atoms with Crippen molar-refractivity contribution in [2.75, 3.05) is 19.5 Å². The van der Waals surface area contributed by atoms with Gasteiger partial charge in [0.2, 0.25) is 0 Å². The summed E-state index contributed by atoms with van der Waals surface area (Å²) < 4.78 is 9.36. The van der Waals surface area contributed by atoms with Crippen LogP contribution in [0.2, 0.25) is 0 Å². The second kappa shape index (κ2) is 5.55. The Hall–Kier alpha value is -3.49. The molecule has 128 valence electrons. The maximum atomic E-state index is 12.6. The van der Waals surface area contributed by atoms with Crippen LogP contribution in [0.1, 0.15) is 5.56 Å². The number of hydrogen-bond acceptors (Lipinski definition) is 7. The smallest absolute Gasteiger partial charge is 0.337 e. The lowest BCUT2D eigenvalue weighted by molar-refractivity contribution is -0.383. The van der Waals surface area contributed by atoms with Gasteiger partial charge in [-0.05, 0) is 11.5 Å². The van der Waals surface area contributed by atoms with E-state index in [9.17, 15) is 24.5 Å². The maximum absolute atomic E-state index is 12.6. The fraction of sp³-hybridized carbons (Fsp3) is 0.188. The third-order valence-corrected chi connectivity index (χ3v) is 4.17. The van der Waals surface area contributed by atoms with Gasteiger partial charge in [-0.25, -0.2) is 9.59 Å². The van der Waals surface area contributed by atoms with Gasteiger partial charge in [0, 0.05) is 11.6 Å². The highest BCUT2D eigenvalue weighted by atomic mass is 16.6. The number of non-ortho nitro benzene ring substituents is 1. The molecule has 1 amide bonds. The molecule has 1 aliphatic rings. The van der Waals surface area contributed by atoms with Gasteiger partial charge >= 0.3 is 11.9 Å². The van der Waals surface area contributed by atoms with Gasteiger partial charge in [0.15, 0.2) is 0 Å². The first-order valence-corrected chi connectivity index (χ1v) is 7.08. The van der Waals surface area contributed by atoms with Crippen molar-refractivity contribution < 1.29 is 28.8 Å².